The van der Waals surface area contributed by atoms with E-state index in [9.17, 15) is 0 Å². The minimum Gasteiger partial charge on any atom is -0.0625 e. The Kier molecular flexibility index (Phi) is 6.53. The molecule has 0 radical (unpaired) electrons. The molecule has 0 heterocycles. The summed E-state index contributed by atoms with van der Waals surface area (Å²) >= 11 is 0. The fourth-order valence-corrected chi connectivity index (χ4v) is 4.34. The molecule has 1 saturated carbocycles. The lowest BCUT2D eigenvalue weighted by Gasteiger charge is -2.31. The van der Waals surface area contributed by atoms with Crippen LogP contribution in [0.25, 0.3) is 0 Å². The molecule has 1 fully saturated rings. The molecule has 1 aliphatic carbocycles. The molecule has 124 valence electrons. The average Bonchev–Trinajstić information content (AvgIpc) is 2.54. The Hall–Kier alpha value is -0.780. The first-order valence-corrected chi connectivity index (χ1v) is 9.72. The van der Waals surface area contributed by atoms with Gasteiger partial charge in [-0.15, -0.1) is 0 Å². The van der Waals surface area contributed by atoms with Gasteiger partial charge in [0.1, 0.15) is 0 Å². The number of hydrogen-bond donors (Lipinski definition) is 0. The van der Waals surface area contributed by atoms with Gasteiger partial charge in [-0.3, -0.25) is 0 Å². The second-order valence-electron chi connectivity index (χ2n) is 7.65. The Morgan fingerprint density at radius 2 is 1.27 bits per heavy atom. The second kappa shape index (κ2) is 8.18. The maximum atomic E-state index is 2.54. The standard InChI is InChI=1S/C22H36/c1-6-18-14-20(8-3)22(15-19(18)7-2)13-17(5)21-11-9-16(4)10-12-21/h14-17,21H,6-13H2,1-5H3. The van der Waals surface area contributed by atoms with E-state index >= 15 is 0 Å². The first-order chi connectivity index (χ1) is 10.6. The van der Waals surface area contributed by atoms with Gasteiger partial charge < -0.3 is 0 Å². The molecule has 1 aliphatic rings. The molecule has 0 bridgehead atoms. The lowest BCUT2D eigenvalue weighted by atomic mass is 9.74. The Labute approximate surface area is 138 Å². The van der Waals surface area contributed by atoms with Crippen molar-refractivity contribution in [1.82, 2.24) is 0 Å². The summed E-state index contributed by atoms with van der Waals surface area (Å²) in [5.41, 5.74) is 6.40. The van der Waals surface area contributed by atoms with E-state index in [1.807, 2.05) is 0 Å². The smallest absolute Gasteiger partial charge is 0.0248 e. The van der Waals surface area contributed by atoms with Gasteiger partial charge in [-0.2, -0.15) is 0 Å². The van der Waals surface area contributed by atoms with Gasteiger partial charge in [0.05, 0.1) is 0 Å². The molecule has 0 amide bonds. The van der Waals surface area contributed by atoms with Gasteiger partial charge in [-0.1, -0.05) is 59.6 Å². The molecule has 1 aromatic carbocycles. The Balaban J connectivity index is 2.13. The van der Waals surface area contributed by atoms with Crippen LogP contribution in [0.5, 0.6) is 0 Å². The number of hydrogen-bond acceptors (Lipinski definition) is 0. The van der Waals surface area contributed by atoms with Crippen molar-refractivity contribution >= 4 is 0 Å². The molecule has 0 N–H and O–H groups in total. The fraction of sp³-hybridized carbons (Fsp3) is 0.727. The van der Waals surface area contributed by atoms with E-state index in [0.717, 1.165) is 17.8 Å². The lowest BCUT2D eigenvalue weighted by molar-refractivity contribution is 0.222. The van der Waals surface area contributed by atoms with Crippen LogP contribution < -0.4 is 0 Å². The SMILES string of the molecule is CCc1cc(CC)c(CC(C)C2CCC(C)CC2)cc1CC. The topological polar surface area (TPSA) is 0 Å². The second-order valence-corrected chi connectivity index (χ2v) is 7.65. The number of rotatable bonds is 6. The van der Waals surface area contributed by atoms with Crippen LogP contribution in [-0.4, -0.2) is 0 Å². The van der Waals surface area contributed by atoms with Crippen LogP contribution in [0.2, 0.25) is 0 Å². The molecule has 0 aliphatic heterocycles. The summed E-state index contributed by atoms with van der Waals surface area (Å²) in [4.78, 5) is 0. The minimum absolute atomic E-state index is 0.843. The maximum Gasteiger partial charge on any atom is -0.0248 e. The summed E-state index contributed by atoms with van der Waals surface area (Å²) in [5.74, 6) is 2.76. The molecule has 22 heavy (non-hydrogen) atoms. The summed E-state index contributed by atoms with van der Waals surface area (Å²) in [5, 5.41) is 0. The third kappa shape index (κ3) is 4.15. The van der Waals surface area contributed by atoms with E-state index in [1.165, 1.54) is 51.4 Å². The molecule has 1 unspecified atom stereocenters. The van der Waals surface area contributed by atoms with Gasteiger partial charge in [0.25, 0.3) is 0 Å². The van der Waals surface area contributed by atoms with E-state index < -0.39 is 0 Å². The van der Waals surface area contributed by atoms with Crippen molar-refractivity contribution in [2.24, 2.45) is 17.8 Å². The van der Waals surface area contributed by atoms with Crippen molar-refractivity contribution in [2.75, 3.05) is 0 Å². The van der Waals surface area contributed by atoms with E-state index in [-0.39, 0.29) is 0 Å². The van der Waals surface area contributed by atoms with Crippen LogP contribution in [0.1, 0.15) is 82.6 Å². The predicted molar refractivity (Wildman–Crippen MR) is 98.6 cm³/mol. The van der Waals surface area contributed by atoms with Crippen LogP contribution in [0.3, 0.4) is 0 Å². The zero-order valence-electron chi connectivity index (χ0n) is 15.5. The predicted octanol–water partition coefficient (Wildman–Crippen LogP) is 6.38. The van der Waals surface area contributed by atoms with Crippen LogP contribution in [0.15, 0.2) is 12.1 Å². The summed E-state index contributed by atoms with van der Waals surface area (Å²) in [6, 6.07) is 5.05. The Morgan fingerprint density at radius 3 is 1.77 bits per heavy atom. The zero-order valence-corrected chi connectivity index (χ0v) is 15.5. The van der Waals surface area contributed by atoms with Gasteiger partial charge >= 0.3 is 0 Å². The largest absolute Gasteiger partial charge is 0.0625 e. The lowest BCUT2D eigenvalue weighted by Crippen LogP contribution is -2.21. The molecule has 0 saturated heterocycles. The number of benzene rings is 1. The fourth-order valence-electron chi connectivity index (χ4n) is 4.34. The van der Waals surface area contributed by atoms with Crippen molar-refractivity contribution in [3.05, 3.63) is 34.4 Å². The summed E-state index contributed by atoms with van der Waals surface area (Å²) < 4.78 is 0. The van der Waals surface area contributed by atoms with Gasteiger partial charge in [0.15, 0.2) is 0 Å². The van der Waals surface area contributed by atoms with Crippen LogP contribution >= 0.6 is 0 Å². The molecule has 1 atom stereocenters. The highest BCUT2D eigenvalue weighted by Crippen LogP contribution is 2.35. The molecule has 2 rings (SSSR count). The quantitative estimate of drug-likeness (QED) is 0.572. The Bertz CT molecular complexity index is 463. The van der Waals surface area contributed by atoms with Crippen LogP contribution in [-0.2, 0) is 25.7 Å². The highest BCUT2D eigenvalue weighted by Gasteiger charge is 2.24. The zero-order chi connectivity index (χ0) is 16.1. The minimum atomic E-state index is 0.843. The highest BCUT2D eigenvalue weighted by molar-refractivity contribution is 5.39. The first kappa shape index (κ1) is 17.6. The Morgan fingerprint density at radius 1 is 0.818 bits per heavy atom. The summed E-state index contributed by atoms with van der Waals surface area (Å²) in [7, 11) is 0. The molecular weight excluding hydrogens is 264 g/mol. The van der Waals surface area contributed by atoms with Crippen molar-refractivity contribution < 1.29 is 0 Å². The maximum absolute atomic E-state index is 2.54. The van der Waals surface area contributed by atoms with Gasteiger partial charge in [-0.25, -0.2) is 0 Å². The molecule has 0 nitrogen and oxygen atoms in total. The van der Waals surface area contributed by atoms with Crippen LogP contribution in [0, 0.1) is 17.8 Å². The molecule has 0 spiro atoms. The average molecular weight is 301 g/mol. The van der Waals surface area contributed by atoms with E-state index in [0.29, 0.717) is 0 Å². The molecule has 1 aromatic rings. The van der Waals surface area contributed by atoms with Gasteiger partial charge in [-0.05, 0) is 78.5 Å². The summed E-state index contributed by atoms with van der Waals surface area (Å²) in [6.45, 7) is 11.8. The van der Waals surface area contributed by atoms with Crippen LogP contribution in [0.4, 0.5) is 0 Å². The third-order valence-electron chi connectivity index (χ3n) is 6.07. The van der Waals surface area contributed by atoms with Crippen molar-refractivity contribution in [3.63, 3.8) is 0 Å². The van der Waals surface area contributed by atoms with E-state index in [1.54, 1.807) is 22.3 Å². The third-order valence-corrected chi connectivity index (χ3v) is 6.07. The monoisotopic (exact) mass is 300 g/mol. The van der Waals surface area contributed by atoms with Gasteiger partial charge in [0, 0.05) is 0 Å². The summed E-state index contributed by atoms with van der Waals surface area (Å²) in [6.07, 6.45) is 10.6. The first-order valence-electron chi connectivity index (χ1n) is 9.72. The highest BCUT2D eigenvalue weighted by atomic mass is 14.3. The van der Waals surface area contributed by atoms with Crippen molar-refractivity contribution in [2.45, 2.75) is 86.0 Å². The van der Waals surface area contributed by atoms with Crippen molar-refractivity contribution in [1.29, 1.82) is 0 Å². The number of aryl methyl sites for hydroxylation is 3. The molecular formula is C22H36. The van der Waals surface area contributed by atoms with E-state index in [4.69, 9.17) is 0 Å². The molecule has 0 aromatic heterocycles. The van der Waals surface area contributed by atoms with E-state index in [2.05, 4.69) is 46.8 Å². The van der Waals surface area contributed by atoms with Crippen molar-refractivity contribution in [3.8, 4) is 0 Å². The normalized spacial score (nSPS) is 23.5. The molecule has 0 heteroatoms. The van der Waals surface area contributed by atoms with Gasteiger partial charge in [0.2, 0.25) is 0 Å².